The Bertz CT molecular complexity index is 501. The first-order valence-corrected chi connectivity index (χ1v) is 8.76. The van der Waals surface area contributed by atoms with Crippen molar-refractivity contribution >= 4 is 16.7 Å². The van der Waals surface area contributed by atoms with E-state index >= 15 is 0 Å². The van der Waals surface area contributed by atoms with Crippen LogP contribution in [0.4, 0.5) is 0 Å². The molecule has 1 aromatic carbocycles. The van der Waals surface area contributed by atoms with Gasteiger partial charge >= 0.3 is 0 Å². The van der Waals surface area contributed by atoms with E-state index in [1.54, 1.807) is 6.92 Å². The molecule has 1 rings (SSSR count). The third-order valence-electron chi connectivity index (χ3n) is 3.22. The second-order valence-electron chi connectivity index (χ2n) is 6.80. The lowest BCUT2D eigenvalue weighted by Crippen LogP contribution is -2.46. The van der Waals surface area contributed by atoms with E-state index in [9.17, 15) is 9.00 Å². The zero-order chi connectivity index (χ0) is 16.2. The molecule has 3 nitrogen and oxygen atoms in total. The van der Waals surface area contributed by atoms with Crippen LogP contribution in [-0.2, 0) is 21.3 Å². The van der Waals surface area contributed by atoms with Gasteiger partial charge in [-0.2, -0.15) is 0 Å². The lowest BCUT2D eigenvalue weighted by molar-refractivity contribution is -0.121. The molecule has 21 heavy (non-hydrogen) atoms. The zero-order valence-corrected chi connectivity index (χ0v) is 14.7. The lowest BCUT2D eigenvalue weighted by atomic mass is 10.0. The molecule has 0 aliphatic rings. The minimum Gasteiger partial charge on any atom is -0.350 e. The molecule has 0 fully saturated rings. The fourth-order valence-corrected chi connectivity index (χ4v) is 2.95. The predicted molar refractivity (Wildman–Crippen MR) is 89.7 cm³/mol. The number of carbonyl (C=O) groups excluding carboxylic acids is 1. The molecular formula is C17H27NO2S. The first kappa shape index (κ1) is 17.9. The van der Waals surface area contributed by atoms with Gasteiger partial charge in [-0.25, -0.2) is 0 Å². The summed E-state index contributed by atoms with van der Waals surface area (Å²) >= 11 is 0. The van der Waals surface area contributed by atoms with Crippen molar-refractivity contribution in [3.05, 3.63) is 35.4 Å². The van der Waals surface area contributed by atoms with Crippen LogP contribution in [0.2, 0.25) is 0 Å². The molecule has 0 aromatic heterocycles. The Labute approximate surface area is 131 Å². The highest BCUT2D eigenvalue weighted by Gasteiger charge is 2.23. The number of carbonyl (C=O) groups is 1. The normalized spacial score (nSPS) is 14.8. The maximum Gasteiger partial charge on any atom is 0.235 e. The fraction of sp³-hybridized carbons (Fsp3) is 0.588. The van der Waals surface area contributed by atoms with Crippen LogP contribution in [0.15, 0.2) is 24.3 Å². The number of rotatable bonds is 5. The second-order valence-corrected chi connectivity index (χ2v) is 8.56. The van der Waals surface area contributed by atoms with E-state index in [0.29, 0.717) is 11.7 Å². The van der Waals surface area contributed by atoms with Crippen LogP contribution in [-0.4, -0.2) is 20.9 Å². The van der Waals surface area contributed by atoms with E-state index < -0.39 is 16.0 Å². The average Bonchev–Trinajstić information content (AvgIpc) is 2.36. The minimum atomic E-state index is -1.21. The third-order valence-corrected chi connectivity index (χ3v) is 4.84. The van der Waals surface area contributed by atoms with Crippen LogP contribution in [0.25, 0.3) is 0 Å². The lowest BCUT2D eigenvalue weighted by Gasteiger charge is -2.23. The molecule has 1 amide bonds. The van der Waals surface area contributed by atoms with Crippen LogP contribution >= 0.6 is 0 Å². The quantitative estimate of drug-likeness (QED) is 0.906. The summed E-state index contributed by atoms with van der Waals surface area (Å²) in [5.74, 6) is 0.748. The van der Waals surface area contributed by atoms with Crippen LogP contribution < -0.4 is 5.32 Å². The number of nitrogens with one attached hydrogen (secondary N) is 1. The molecule has 0 saturated carbocycles. The van der Waals surface area contributed by atoms with E-state index in [4.69, 9.17) is 0 Å². The van der Waals surface area contributed by atoms with Crippen molar-refractivity contribution < 1.29 is 9.00 Å². The van der Waals surface area contributed by atoms with Gasteiger partial charge in [0.25, 0.3) is 0 Å². The molecule has 0 saturated heterocycles. The third kappa shape index (κ3) is 6.00. The molecule has 1 N–H and O–H groups in total. The number of benzene rings is 1. The van der Waals surface area contributed by atoms with Crippen LogP contribution in [0.5, 0.6) is 0 Å². The number of hydrogen-bond acceptors (Lipinski definition) is 2. The van der Waals surface area contributed by atoms with Gasteiger partial charge in [-0.15, -0.1) is 0 Å². The predicted octanol–water partition coefficient (Wildman–Crippen LogP) is 3.36. The Balaban J connectivity index is 2.65. The van der Waals surface area contributed by atoms with Crippen LogP contribution in [0.1, 0.15) is 58.6 Å². The van der Waals surface area contributed by atoms with E-state index in [0.717, 1.165) is 5.56 Å². The van der Waals surface area contributed by atoms with Gasteiger partial charge in [0.1, 0.15) is 5.25 Å². The Morgan fingerprint density at radius 3 is 2.10 bits per heavy atom. The summed E-state index contributed by atoms with van der Waals surface area (Å²) in [7, 11) is -1.21. The Morgan fingerprint density at radius 1 is 1.14 bits per heavy atom. The SMILES string of the molecule is CC(C)c1ccc(C[S@@](=O)[C@H](C)C(=O)NC(C)(C)C)cc1. The monoisotopic (exact) mass is 309 g/mol. The van der Waals surface area contributed by atoms with Crippen LogP contribution in [0, 0.1) is 0 Å². The largest absolute Gasteiger partial charge is 0.350 e. The topological polar surface area (TPSA) is 46.2 Å². The van der Waals surface area contributed by atoms with Crippen molar-refractivity contribution in [3.63, 3.8) is 0 Å². The van der Waals surface area contributed by atoms with Gasteiger partial charge in [-0.05, 0) is 44.7 Å². The van der Waals surface area contributed by atoms with E-state index in [-0.39, 0.29) is 11.4 Å². The van der Waals surface area contributed by atoms with Gasteiger partial charge in [-0.1, -0.05) is 38.1 Å². The Morgan fingerprint density at radius 2 is 1.67 bits per heavy atom. The van der Waals surface area contributed by atoms with Crippen molar-refractivity contribution in [1.29, 1.82) is 0 Å². The van der Waals surface area contributed by atoms with Gasteiger partial charge in [0.05, 0.1) is 0 Å². The van der Waals surface area contributed by atoms with Gasteiger partial charge in [0.15, 0.2) is 0 Å². The van der Waals surface area contributed by atoms with Crippen molar-refractivity contribution in [2.75, 3.05) is 0 Å². The molecule has 1 aromatic rings. The molecule has 0 heterocycles. The summed E-state index contributed by atoms with van der Waals surface area (Å²) in [6, 6.07) is 8.14. The molecule has 0 bridgehead atoms. The Hall–Kier alpha value is -1.16. The van der Waals surface area contributed by atoms with Crippen molar-refractivity contribution in [3.8, 4) is 0 Å². The molecular weight excluding hydrogens is 282 g/mol. The summed E-state index contributed by atoms with van der Waals surface area (Å²) in [6.07, 6.45) is 0. The van der Waals surface area contributed by atoms with E-state index in [1.807, 2.05) is 32.9 Å². The summed E-state index contributed by atoms with van der Waals surface area (Å²) in [6.45, 7) is 11.8. The first-order valence-electron chi connectivity index (χ1n) is 7.38. The smallest absolute Gasteiger partial charge is 0.235 e. The minimum absolute atomic E-state index is 0.153. The molecule has 0 spiro atoms. The van der Waals surface area contributed by atoms with Crippen molar-refractivity contribution in [2.24, 2.45) is 0 Å². The molecule has 0 radical (unpaired) electrons. The van der Waals surface area contributed by atoms with Crippen LogP contribution in [0.3, 0.4) is 0 Å². The fourth-order valence-electron chi connectivity index (χ4n) is 1.88. The average molecular weight is 309 g/mol. The number of amides is 1. The van der Waals surface area contributed by atoms with Gasteiger partial charge < -0.3 is 5.32 Å². The molecule has 0 aliphatic heterocycles. The molecule has 0 aliphatic carbocycles. The first-order chi connectivity index (χ1) is 9.60. The highest BCUT2D eigenvalue weighted by molar-refractivity contribution is 7.85. The number of hydrogen-bond donors (Lipinski definition) is 1. The maximum atomic E-state index is 12.3. The van der Waals surface area contributed by atoms with E-state index in [2.05, 4.69) is 31.3 Å². The van der Waals surface area contributed by atoms with Crippen molar-refractivity contribution in [1.82, 2.24) is 5.32 Å². The Kier molecular flexibility index (Phi) is 6.14. The molecule has 118 valence electrons. The standard InChI is InChI=1S/C17H27NO2S/c1-12(2)15-9-7-14(8-10-15)11-21(20)13(3)16(19)18-17(4,5)6/h7-10,12-13H,11H2,1-6H3,(H,18,19)/t13-,21-/m1/s1. The zero-order valence-electron chi connectivity index (χ0n) is 13.9. The highest BCUT2D eigenvalue weighted by Crippen LogP contribution is 2.16. The molecule has 2 atom stereocenters. The summed E-state index contributed by atoms with van der Waals surface area (Å²) in [4.78, 5) is 12.0. The van der Waals surface area contributed by atoms with Gasteiger partial charge in [0.2, 0.25) is 5.91 Å². The molecule has 4 heteroatoms. The molecule has 0 unspecified atom stereocenters. The summed E-state index contributed by atoms with van der Waals surface area (Å²) in [5.41, 5.74) is 1.98. The summed E-state index contributed by atoms with van der Waals surface area (Å²) < 4.78 is 12.3. The maximum absolute atomic E-state index is 12.3. The van der Waals surface area contributed by atoms with Crippen molar-refractivity contribution in [2.45, 2.75) is 64.0 Å². The van der Waals surface area contributed by atoms with Gasteiger partial charge in [0, 0.05) is 22.1 Å². The van der Waals surface area contributed by atoms with Gasteiger partial charge in [-0.3, -0.25) is 9.00 Å². The highest BCUT2D eigenvalue weighted by atomic mass is 32.2. The van der Waals surface area contributed by atoms with E-state index in [1.165, 1.54) is 5.56 Å². The summed E-state index contributed by atoms with van der Waals surface area (Å²) in [5, 5.41) is 2.37. The second kappa shape index (κ2) is 7.21.